The van der Waals surface area contributed by atoms with Crippen molar-refractivity contribution in [3.63, 3.8) is 0 Å². The van der Waals surface area contributed by atoms with Gasteiger partial charge < -0.3 is 4.74 Å². The maximum atomic E-state index is 5.58. The Kier molecular flexibility index (Phi) is 3.49. The first kappa shape index (κ1) is 11.9. The summed E-state index contributed by atoms with van der Waals surface area (Å²) in [7, 11) is 0. The van der Waals surface area contributed by atoms with Crippen LogP contribution in [0.25, 0.3) is 0 Å². The molecule has 5 nitrogen and oxygen atoms in total. The van der Waals surface area contributed by atoms with E-state index in [1.807, 2.05) is 4.68 Å². The Morgan fingerprint density at radius 1 is 1.50 bits per heavy atom. The molecule has 90 valence electrons. The molecule has 1 fully saturated rings. The average Bonchev–Trinajstić information content (AvgIpc) is 2.85. The summed E-state index contributed by atoms with van der Waals surface area (Å²) in [5.41, 5.74) is -0.0671. The van der Waals surface area contributed by atoms with Crippen molar-refractivity contribution in [2.45, 2.75) is 50.4 Å². The molecule has 0 bridgehead atoms. The van der Waals surface area contributed by atoms with E-state index in [9.17, 15) is 0 Å². The Labute approximate surface area is 99.9 Å². The Balaban J connectivity index is 1.96. The summed E-state index contributed by atoms with van der Waals surface area (Å²) in [4.78, 5) is 0. The van der Waals surface area contributed by atoms with Gasteiger partial charge in [-0.1, -0.05) is 11.8 Å². The Morgan fingerprint density at radius 2 is 2.31 bits per heavy atom. The van der Waals surface area contributed by atoms with E-state index in [0.717, 1.165) is 23.9 Å². The second-order valence-corrected chi connectivity index (χ2v) is 5.98. The van der Waals surface area contributed by atoms with Gasteiger partial charge in [0, 0.05) is 12.4 Å². The number of nitrogens with zero attached hydrogens (tertiary/aromatic N) is 4. The van der Waals surface area contributed by atoms with Crippen LogP contribution in [0.15, 0.2) is 5.16 Å². The molecular formula is C10H18N4OS. The normalized spacial score (nSPS) is 21.6. The molecule has 1 aliphatic rings. The first-order chi connectivity index (χ1) is 7.57. The molecule has 1 aliphatic heterocycles. The van der Waals surface area contributed by atoms with Gasteiger partial charge in [-0.3, -0.25) is 0 Å². The number of hydrogen-bond acceptors (Lipinski definition) is 5. The summed E-state index contributed by atoms with van der Waals surface area (Å²) >= 11 is 1.68. The van der Waals surface area contributed by atoms with Crippen molar-refractivity contribution < 1.29 is 4.74 Å². The van der Waals surface area contributed by atoms with Crippen LogP contribution in [-0.4, -0.2) is 38.7 Å². The number of thioether (sulfide) groups is 1. The monoisotopic (exact) mass is 242 g/mol. The van der Waals surface area contributed by atoms with Crippen molar-refractivity contribution in [2.75, 3.05) is 12.4 Å². The maximum Gasteiger partial charge on any atom is 0.209 e. The minimum atomic E-state index is -0.0671. The zero-order valence-corrected chi connectivity index (χ0v) is 10.8. The molecule has 0 aliphatic carbocycles. The van der Waals surface area contributed by atoms with Gasteiger partial charge in [-0.15, -0.1) is 5.10 Å². The van der Waals surface area contributed by atoms with E-state index in [0.29, 0.717) is 6.10 Å². The molecule has 0 spiro atoms. The first-order valence-corrected chi connectivity index (χ1v) is 6.59. The lowest BCUT2D eigenvalue weighted by molar-refractivity contribution is 0.128. The lowest BCUT2D eigenvalue weighted by atomic mass is 10.1. The standard InChI is InChI=1S/C10H18N4OS/c1-10(2,3)14-9(11-12-13-14)16-7-8-5-4-6-15-8/h8H,4-7H2,1-3H3. The highest BCUT2D eigenvalue weighted by molar-refractivity contribution is 7.99. The van der Waals surface area contributed by atoms with E-state index < -0.39 is 0 Å². The fourth-order valence-corrected chi connectivity index (χ4v) is 2.76. The molecule has 0 aromatic carbocycles. The van der Waals surface area contributed by atoms with Crippen LogP contribution in [-0.2, 0) is 10.3 Å². The lowest BCUT2D eigenvalue weighted by Gasteiger charge is -2.19. The van der Waals surface area contributed by atoms with Gasteiger partial charge in [0.25, 0.3) is 0 Å². The number of tetrazole rings is 1. The highest BCUT2D eigenvalue weighted by Crippen LogP contribution is 2.24. The van der Waals surface area contributed by atoms with Crippen LogP contribution in [0, 0.1) is 0 Å². The Bertz CT molecular complexity index is 341. The number of rotatable bonds is 3. The van der Waals surface area contributed by atoms with E-state index in [-0.39, 0.29) is 5.54 Å². The van der Waals surface area contributed by atoms with Gasteiger partial charge in [0.05, 0.1) is 11.6 Å². The molecule has 0 amide bonds. The minimum Gasteiger partial charge on any atom is -0.377 e. The fourth-order valence-electron chi connectivity index (χ4n) is 1.63. The topological polar surface area (TPSA) is 52.8 Å². The number of ether oxygens (including phenoxy) is 1. The molecule has 1 aromatic heterocycles. The highest BCUT2D eigenvalue weighted by Gasteiger charge is 2.22. The van der Waals surface area contributed by atoms with Crippen LogP contribution in [0.1, 0.15) is 33.6 Å². The molecule has 6 heteroatoms. The predicted molar refractivity (Wildman–Crippen MR) is 62.5 cm³/mol. The third kappa shape index (κ3) is 2.74. The van der Waals surface area contributed by atoms with Gasteiger partial charge in [-0.2, -0.15) is 0 Å². The van der Waals surface area contributed by atoms with E-state index >= 15 is 0 Å². The van der Waals surface area contributed by atoms with E-state index in [2.05, 4.69) is 36.3 Å². The van der Waals surface area contributed by atoms with Crippen molar-refractivity contribution in [3.05, 3.63) is 0 Å². The molecule has 1 aromatic rings. The third-order valence-corrected chi connectivity index (χ3v) is 3.55. The largest absolute Gasteiger partial charge is 0.377 e. The predicted octanol–water partition coefficient (Wildman–Crippen LogP) is 1.70. The van der Waals surface area contributed by atoms with E-state index in [1.165, 1.54) is 6.42 Å². The second kappa shape index (κ2) is 4.71. The average molecular weight is 242 g/mol. The van der Waals surface area contributed by atoms with Crippen LogP contribution < -0.4 is 0 Å². The van der Waals surface area contributed by atoms with Crippen molar-refractivity contribution in [1.29, 1.82) is 0 Å². The number of aromatic nitrogens is 4. The third-order valence-electron chi connectivity index (χ3n) is 2.50. The molecule has 0 N–H and O–H groups in total. The van der Waals surface area contributed by atoms with E-state index in [1.54, 1.807) is 11.8 Å². The Hall–Kier alpha value is -0.620. The summed E-state index contributed by atoms with van der Waals surface area (Å²) in [6.07, 6.45) is 2.70. The molecular weight excluding hydrogens is 224 g/mol. The summed E-state index contributed by atoms with van der Waals surface area (Å²) < 4.78 is 7.45. The van der Waals surface area contributed by atoms with Gasteiger partial charge in [-0.05, 0) is 44.0 Å². The van der Waals surface area contributed by atoms with Crippen molar-refractivity contribution in [2.24, 2.45) is 0 Å². The summed E-state index contributed by atoms with van der Waals surface area (Å²) in [6, 6.07) is 0. The van der Waals surface area contributed by atoms with Crippen LogP contribution in [0.3, 0.4) is 0 Å². The minimum absolute atomic E-state index is 0.0671. The molecule has 0 saturated carbocycles. The molecule has 16 heavy (non-hydrogen) atoms. The quantitative estimate of drug-likeness (QED) is 0.755. The van der Waals surface area contributed by atoms with Gasteiger partial charge in [0.2, 0.25) is 5.16 Å². The fraction of sp³-hybridized carbons (Fsp3) is 0.900. The van der Waals surface area contributed by atoms with Crippen molar-refractivity contribution in [1.82, 2.24) is 20.2 Å². The molecule has 1 atom stereocenters. The summed E-state index contributed by atoms with van der Waals surface area (Å²) in [6.45, 7) is 7.19. The molecule has 1 saturated heterocycles. The van der Waals surface area contributed by atoms with Gasteiger partial charge in [0.1, 0.15) is 0 Å². The zero-order chi connectivity index (χ0) is 11.6. The van der Waals surface area contributed by atoms with Gasteiger partial charge >= 0.3 is 0 Å². The van der Waals surface area contributed by atoms with Crippen LogP contribution >= 0.6 is 11.8 Å². The smallest absolute Gasteiger partial charge is 0.209 e. The molecule has 0 radical (unpaired) electrons. The Morgan fingerprint density at radius 3 is 2.94 bits per heavy atom. The molecule has 1 unspecified atom stereocenters. The second-order valence-electron chi connectivity index (χ2n) is 4.99. The first-order valence-electron chi connectivity index (χ1n) is 5.60. The van der Waals surface area contributed by atoms with Crippen molar-refractivity contribution >= 4 is 11.8 Å². The molecule has 2 rings (SSSR count). The van der Waals surface area contributed by atoms with E-state index in [4.69, 9.17) is 4.74 Å². The zero-order valence-electron chi connectivity index (χ0n) is 10.0. The molecule has 2 heterocycles. The lowest BCUT2D eigenvalue weighted by Crippen LogP contribution is -2.24. The summed E-state index contributed by atoms with van der Waals surface area (Å²) in [5, 5.41) is 12.7. The van der Waals surface area contributed by atoms with Crippen LogP contribution in [0.4, 0.5) is 0 Å². The SMILES string of the molecule is CC(C)(C)n1nnnc1SCC1CCCO1. The number of hydrogen-bond donors (Lipinski definition) is 0. The van der Waals surface area contributed by atoms with Crippen LogP contribution in [0.2, 0.25) is 0 Å². The summed E-state index contributed by atoms with van der Waals surface area (Å²) in [5.74, 6) is 0.941. The highest BCUT2D eigenvalue weighted by atomic mass is 32.2. The van der Waals surface area contributed by atoms with Crippen molar-refractivity contribution in [3.8, 4) is 0 Å². The van der Waals surface area contributed by atoms with Gasteiger partial charge in [-0.25, -0.2) is 4.68 Å². The maximum absolute atomic E-state index is 5.58. The van der Waals surface area contributed by atoms with Gasteiger partial charge in [0.15, 0.2) is 0 Å². The van der Waals surface area contributed by atoms with Crippen LogP contribution in [0.5, 0.6) is 0 Å².